The molecule has 0 heterocycles. The second-order valence-corrected chi connectivity index (χ2v) is 6.43. The van der Waals surface area contributed by atoms with E-state index in [-0.39, 0.29) is 0 Å². The highest BCUT2D eigenvalue weighted by Crippen LogP contribution is 2.49. The third kappa shape index (κ3) is 1.95. The summed E-state index contributed by atoms with van der Waals surface area (Å²) >= 11 is 0. The van der Waals surface area contributed by atoms with Crippen LogP contribution in [0.15, 0.2) is 24.3 Å². The van der Waals surface area contributed by atoms with Gasteiger partial charge in [-0.05, 0) is 78.1 Å². The van der Waals surface area contributed by atoms with E-state index >= 15 is 0 Å². The van der Waals surface area contributed by atoms with Crippen LogP contribution in [0.3, 0.4) is 0 Å². The first-order valence-electron chi connectivity index (χ1n) is 7.90. The number of hydrogen-bond donors (Lipinski definition) is 1. The summed E-state index contributed by atoms with van der Waals surface area (Å²) in [6, 6.07) is 8.91. The molecular formula is C20H24O. The van der Waals surface area contributed by atoms with Crippen LogP contribution in [-0.2, 0) is 18.4 Å². The molecule has 110 valence electrons. The molecular weight excluding hydrogens is 256 g/mol. The van der Waals surface area contributed by atoms with Gasteiger partial charge in [0.25, 0.3) is 0 Å². The van der Waals surface area contributed by atoms with Gasteiger partial charge in [0, 0.05) is 0 Å². The first-order valence-corrected chi connectivity index (χ1v) is 7.90. The lowest BCUT2D eigenvalue weighted by Crippen LogP contribution is -2.19. The van der Waals surface area contributed by atoms with Crippen LogP contribution in [0.2, 0.25) is 0 Å². The summed E-state index contributed by atoms with van der Waals surface area (Å²) in [5.74, 6) is 0. The maximum absolute atomic E-state index is 11.1. The van der Waals surface area contributed by atoms with Gasteiger partial charge in [0.05, 0.1) is 0 Å². The number of benzene rings is 2. The fourth-order valence-corrected chi connectivity index (χ4v) is 3.66. The lowest BCUT2D eigenvalue weighted by atomic mass is 9.90. The van der Waals surface area contributed by atoms with Crippen molar-refractivity contribution in [1.29, 1.82) is 0 Å². The van der Waals surface area contributed by atoms with Gasteiger partial charge in [-0.25, -0.2) is 0 Å². The minimum absolute atomic E-state index is 0.876. The minimum Gasteiger partial charge on any atom is -0.381 e. The number of rotatable bonds is 2. The van der Waals surface area contributed by atoms with Crippen LogP contribution < -0.4 is 0 Å². The summed E-state index contributed by atoms with van der Waals surface area (Å²) in [6.45, 7) is 10.6. The monoisotopic (exact) mass is 280 g/mol. The fraction of sp³-hybridized carbons (Fsp3) is 0.400. The highest BCUT2D eigenvalue weighted by Gasteiger charge is 2.38. The molecule has 0 bridgehead atoms. The van der Waals surface area contributed by atoms with E-state index in [1.54, 1.807) is 0 Å². The molecule has 0 aromatic heterocycles. The number of aliphatic hydroxyl groups is 1. The van der Waals surface area contributed by atoms with E-state index < -0.39 is 5.60 Å². The number of aryl methyl sites for hydroxylation is 4. The molecule has 0 spiro atoms. The van der Waals surface area contributed by atoms with Crippen LogP contribution in [0.4, 0.5) is 0 Å². The van der Waals surface area contributed by atoms with Gasteiger partial charge < -0.3 is 5.11 Å². The average Bonchev–Trinajstić information content (AvgIpc) is 2.65. The molecule has 0 aliphatic heterocycles. The Morgan fingerprint density at radius 2 is 1.19 bits per heavy atom. The van der Waals surface area contributed by atoms with Gasteiger partial charge in [-0.15, -0.1) is 0 Å². The smallest absolute Gasteiger partial charge is 0.113 e. The Bertz CT molecular complexity index is 662. The number of fused-ring (bicyclic) bond motifs is 3. The Morgan fingerprint density at radius 1 is 0.810 bits per heavy atom. The van der Waals surface area contributed by atoms with Crippen molar-refractivity contribution in [2.24, 2.45) is 0 Å². The van der Waals surface area contributed by atoms with Crippen molar-refractivity contribution < 1.29 is 5.11 Å². The van der Waals surface area contributed by atoms with Crippen LogP contribution >= 0.6 is 0 Å². The van der Waals surface area contributed by atoms with Crippen molar-refractivity contribution in [2.75, 3.05) is 0 Å². The molecule has 21 heavy (non-hydrogen) atoms. The molecule has 0 atom stereocenters. The average molecular weight is 280 g/mol. The van der Waals surface area contributed by atoms with Crippen molar-refractivity contribution in [3.05, 3.63) is 57.6 Å². The Balaban J connectivity index is 2.34. The zero-order valence-corrected chi connectivity index (χ0v) is 13.7. The first kappa shape index (κ1) is 14.3. The van der Waals surface area contributed by atoms with Gasteiger partial charge in [-0.2, -0.15) is 0 Å². The molecule has 1 N–H and O–H groups in total. The lowest BCUT2D eigenvalue weighted by molar-refractivity contribution is 0.107. The van der Waals surface area contributed by atoms with Gasteiger partial charge in [0.1, 0.15) is 5.60 Å². The molecule has 0 saturated heterocycles. The van der Waals surface area contributed by atoms with Crippen molar-refractivity contribution >= 4 is 0 Å². The Morgan fingerprint density at radius 3 is 1.52 bits per heavy atom. The topological polar surface area (TPSA) is 20.2 Å². The van der Waals surface area contributed by atoms with Gasteiger partial charge in [0.2, 0.25) is 0 Å². The molecule has 0 amide bonds. The second-order valence-electron chi connectivity index (χ2n) is 6.43. The van der Waals surface area contributed by atoms with Gasteiger partial charge in [-0.3, -0.25) is 0 Å². The summed E-state index contributed by atoms with van der Waals surface area (Å²) in [4.78, 5) is 0. The van der Waals surface area contributed by atoms with Crippen LogP contribution in [0.25, 0.3) is 11.1 Å². The summed E-state index contributed by atoms with van der Waals surface area (Å²) in [6.07, 6.45) is 2.06. The van der Waals surface area contributed by atoms with E-state index in [1.807, 2.05) is 6.92 Å². The normalized spacial score (nSPS) is 15.0. The van der Waals surface area contributed by atoms with Crippen molar-refractivity contribution in [2.45, 2.75) is 53.1 Å². The quantitative estimate of drug-likeness (QED) is 0.848. The summed E-state index contributed by atoms with van der Waals surface area (Å²) in [5.41, 5.74) is 8.96. The molecule has 1 aliphatic carbocycles. The van der Waals surface area contributed by atoms with E-state index in [4.69, 9.17) is 0 Å². The van der Waals surface area contributed by atoms with Crippen molar-refractivity contribution in [3.8, 4) is 11.1 Å². The molecule has 3 rings (SSSR count). The minimum atomic E-state index is -0.876. The predicted molar refractivity (Wildman–Crippen MR) is 88.8 cm³/mol. The third-order valence-corrected chi connectivity index (χ3v) is 5.05. The van der Waals surface area contributed by atoms with Crippen LogP contribution in [-0.4, -0.2) is 5.11 Å². The molecule has 2 aromatic rings. The van der Waals surface area contributed by atoms with E-state index in [1.165, 1.54) is 33.4 Å². The zero-order chi connectivity index (χ0) is 15.4. The molecule has 1 nitrogen and oxygen atoms in total. The molecule has 0 saturated carbocycles. The van der Waals surface area contributed by atoms with E-state index in [0.717, 1.165) is 24.0 Å². The van der Waals surface area contributed by atoms with Crippen LogP contribution in [0.1, 0.15) is 54.2 Å². The fourth-order valence-electron chi connectivity index (χ4n) is 3.66. The predicted octanol–water partition coefficient (Wildman–Crippen LogP) is 4.66. The van der Waals surface area contributed by atoms with Gasteiger partial charge in [-0.1, -0.05) is 38.1 Å². The zero-order valence-electron chi connectivity index (χ0n) is 13.7. The standard InChI is InChI=1S/C20H24O/c1-6-14-10-16-17-11-15(7-2)13(4)9-19(17)20(5,21)18(16)8-12(14)3/h8-11,21H,6-7H2,1-5H3. The summed E-state index contributed by atoms with van der Waals surface area (Å²) in [7, 11) is 0. The van der Waals surface area contributed by atoms with E-state index in [2.05, 4.69) is 52.0 Å². The third-order valence-electron chi connectivity index (χ3n) is 5.05. The highest BCUT2D eigenvalue weighted by molar-refractivity contribution is 5.81. The first-order chi connectivity index (χ1) is 9.90. The van der Waals surface area contributed by atoms with Gasteiger partial charge >= 0.3 is 0 Å². The largest absolute Gasteiger partial charge is 0.381 e. The lowest BCUT2D eigenvalue weighted by Gasteiger charge is -2.21. The van der Waals surface area contributed by atoms with Crippen molar-refractivity contribution in [1.82, 2.24) is 0 Å². The Hall–Kier alpha value is -1.60. The molecule has 0 radical (unpaired) electrons. The highest BCUT2D eigenvalue weighted by atomic mass is 16.3. The Kier molecular flexibility index (Phi) is 3.22. The Labute approximate surface area is 127 Å². The van der Waals surface area contributed by atoms with E-state index in [0.29, 0.717) is 0 Å². The van der Waals surface area contributed by atoms with E-state index in [9.17, 15) is 5.11 Å². The molecule has 0 fully saturated rings. The summed E-state index contributed by atoms with van der Waals surface area (Å²) in [5, 5.41) is 11.1. The summed E-state index contributed by atoms with van der Waals surface area (Å²) < 4.78 is 0. The molecule has 1 aliphatic rings. The maximum Gasteiger partial charge on any atom is 0.113 e. The van der Waals surface area contributed by atoms with Crippen LogP contribution in [0, 0.1) is 13.8 Å². The molecule has 1 heteroatoms. The van der Waals surface area contributed by atoms with Crippen molar-refractivity contribution in [3.63, 3.8) is 0 Å². The molecule has 0 unspecified atom stereocenters. The van der Waals surface area contributed by atoms with Crippen LogP contribution in [0.5, 0.6) is 0 Å². The van der Waals surface area contributed by atoms with Gasteiger partial charge in [0.15, 0.2) is 0 Å². The molecule has 2 aromatic carbocycles. The maximum atomic E-state index is 11.1. The number of hydrogen-bond acceptors (Lipinski definition) is 1. The SMILES string of the molecule is CCc1cc2c(cc1C)C(C)(O)c1cc(C)c(CC)cc1-2. The second kappa shape index (κ2) is 4.71.